The number of benzene rings is 2. The molecular weight excluding hydrogens is 314 g/mol. The number of nitrogens with one attached hydrogen (secondary N) is 1. The lowest BCUT2D eigenvalue weighted by molar-refractivity contribution is -0.121. The van der Waals surface area contributed by atoms with Gasteiger partial charge in [0.25, 0.3) is 0 Å². The van der Waals surface area contributed by atoms with E-state index in [2.05, 4.69) is 24.1 Å². The van der Waals surface area contributed by atoms with E-state index in [0.29, 0.717) is 13.2 Å². The van der Waals surface area contributed by atoms with E-state index in [1.807, 2.05) is 54.6 Å². The zero-order chi connectivity index (χ0) is 18.1. The lowest BCUT2D eigenvalue weighted by atomic mass is 10.0. The smallest absolute Gasteiger partial charge is 0.246 e. The number of nitrogens with two attached hydrogens (primary N) is 1. The van der Waals surface area contributed by atoms with Crippen molar-refractivity contribution in [2.75, 3.05) is 31.6 Å². The Hall–Kier alpha value is -2.37. The Bertz CT molecular complexity index is 640. The maximum Gasteiger partial charge on any atom is 0.246 e. The molecule has 1 amide bonds. The number of hydrogen-bond acceptors (Lipinski definition) is 4. The summed E-state index contributed by atoms with van der Waals surface area (Å²) in [5, 5.41) is 3.01. The van der Waals surface area contributed by atoms with Crippen molar-refractivity contribution in [2.24, 2.45) is 5.73 Å². The van der Waals surface area contributed by atoms with Gasteiger partial charge >= 0.3 is 0 Å². The van der Waals surface area contributed by atoms with Gasteiger partial charge in [0.2, 0.25) is 5.91 Å². The number of carbonyl (C=O) groups is 1. The van der Waals surface area contributed by atoms with Crippen LogP contribution < -0.4 is 15.8 Å². The highest BCUT2D eigenvalue weighted by Crippen LogP contribution is 2.23. The topological polar surface area (TPSA) is 67.6 Å². The third-order valence-electron chi connectivity index (χ3n) is 4.05. The van der Waals surface area contributed by atoms with E-state index in [-0.39, 0.29) is 11.9 Å². The second-order valence-corrected chi connectivity index (χ2v) is 5.69. The predicted octanol–water partition coefficient (Wildman–Crippen LogP) is 3.05. The van der Waals surface area contributed by atoms with Crippen LogP contribution in [0, 0.1) is 0 Å². The molecule has 0 aromatic heterocycles. The first-order valence-corrected chi connectivity index (χ1v) is 8.72. The van der Waals surface area contributed by atoms with Crippen molar-refractivity contribution >= 4 is 11.6 Å². The first-order chi connectivity index (χ1) is 12.2. The van der Waals surface area contributed by atoms with E-state index in [0.717, 1.165) is 30.1 Å². The average Bonchev–Trinajstić information content (AvgIpc) is 2.66. The minimum Gasteiger partial charge on any atom is -0.492 e. The van der Waals surface area contributed by atoms with E-state index in [4.69, 9.17) is 10.5 Å². The summed E-state index contributed by atoms with van der Waals surface area (Å²) >= 11 is 0. The van der Waals surface area contributed by atoms with Crippen molar-refractivity contribution < 1.29 is 9.53 Å². The molecule has 0 saturated carbocycles. The van der Waals surface area contributed by atoms with Gasteiger partial charge in [-0.2, -0.15) is 0 Å². The molecule has 5 heteroatoms. The van der Waals surface area contributed by atoms with Crippen molar-refractivity contribution in [2.45, 2.75) is 19.9 Å². The number of anilines is 1. The summed E-state index contributed by atoms with van der Waals surface area (Å²) in [4.78, 5) is 15.1. The number of carbonyl (C=O) groups excluding carboxylic acids is 1. The first-order valence-electron chi connectivity index (χ1n) is 8.72. The Kier molecular flexibility index (Phi) is 7.44. The largest absolute Gasteiger partial charge is 0.492 e. The van der Waals surface area contributed by atoms with E-state index in [9.17, 15) is 4.79 Å². The van der Waals surface area contributed by atoms with Crippen molar-refractivity contribution in [3.8, 4) is 5.75 Å². The standard InChI is InChI=1S/C20H27N3O2/c1-3-23(4-2)19(16-8-6-5-7-9-16)20(24)22-17-10-12-18(13-11-17)25-15-14-21/h5-13,19H,3-4,14-15,21H2,1-2H3,(H,22,24). The summed E-state index contributed by atoms with van der Waals surface area (Å²) in [6, 6.07) is 16.9. The fourth-order valence-corrected chi connectivity index (χ4v) is 2.77. The van der Waals surface area contributed by atoms with Crippen LogP contribution in [0.1, 0.15) is 25.5 Å². The van der Waals surface area contributed by atoms with Crippen molar-refractivity contribution in [3.63, 3.8) is 0 Å². The number of likely N-dealkylation sites (N-methyl/N-ethyl adjacent to an activating group) is 1. The number of nitrogens with zero attached hydrogens (tertiary/aromatic N) is 1. The Morgan fingerprint density at radius 1 is 1.08 bits per heavy atom. The van der Waals surface area contributed by atoms with Gasteiger partial charge < -0.3 is 15.8 Å². The second-order valence-electron chi connectivity index (χ2n) is 5.69. The summed E-state index contributed by atoms with van der Waals surface area (Å²) in [6.07, 6.45) is 0. The molecule has 3 N–H and O–H groups in total. The summed E-state index contributed by atoms with van der Waals surface area (Å²) in [5.41, 5.74) is 7.17. The van der Waals surface area contributed by atoms with E-state index < -0.39 is 0 Å². The normalized spacial score (nSPS) is 12.0. The molecule has 25 heavy (non-hydrogen) atoms. The van der Waals surface area contributed by atoms with Crippen LogP contribution in [0.25, 0.3) is 0 Å². The van der Waals surface area contributed by atoms with Gasteiger partial charge in [-0.1, -0.05) is 44.2 Å². The zero-order valence-electron chi connectivity index (χ0n) is 14.9. The zero-order valence-corrected chi connectivity index (χ0v) is 14.9. The Morgan fingerprint density at radius 2 is 1.72 bits per heavy atom. The van der Waals surface area contributed by atoms with Gasteiger partial charge in [0.1, 0.15) is 18.4 Å². The Labute approximate surface area is 149 Å². The van der Waals surface area contributed by atoms with Crippen LogP contribution >= 0.6 is 0 Å². The average molecular weight is 341 g/mol. The van der Waals surface area contributed by atoms with Crippen molar-refractivity contribution in [1.29, 1.82) is 0 Å². The quantitative estimate of drug-likeness (QED) is 0.736. The fourth-order valence-electron chi connectivity index (χ4n) is 2.77. The summed E-state index contributed by atoms with van der Waals surface area (Å²) in [5.74, 6) is 0.706. The second kappa shape index (κ2) is 9.81. The molecule has 0 radical (unpaired) electrons. The minimum absolute atomic E-state index is 0.0365. The van der Waals surface area contributed by atoms with Crippen molar-refractivity contribution in [3.05, 3.63) is 60.2 Å². The van der Waals surface area contributed by atoms with Gasteiger partial charge in [0.15, 0.2) is 0 Å². The molecular formula is C20H27N3O2. The number of hydrogen-bond donors (Lipinski definition) is 2. The highest BCUT2D eigenvalue weighted by molar-refractivity contribution is 5.95. The molecule has 0 bridgehead atoms. The van der Waals surface area contributed by atoms with Crippen LogP contribution in [0.15, 0.2) is 54.6 Å². The molecule has 5 nitrogen and oxygen atoms in total. The number of rotatable bonds is 9. The molecule has 0 aliphatic heterocycles. The lowest BCUT2D eigenvalue weighted by Crippen LogP contribution is -2.37. The molecule has 1 atom stereocenters. The minimum atomic E-state index is -0.315. The number of ether oxygens (including phenoxy) is 1. The molecule has 1 unspecified atom stereocenters. The first kappa shape index (κ1) is 19.0. The van der Waals surface area contributed by atoms with Gasteiger partial charge in [-0.25, -0.2) is 0 Å². The summed E-state index contributed by atoms with van der Waals surface area (Å²) < 4.78 is 5.46. The monoisotopic (exact) mass is 341 g/mol. The third-order valence-corrected chi connectivity index (χ3v) is 4.05. The number of amides is 1. The van der Waals surface area contributed by atoms with Crippen LogP contribution in [0.5, 0.6) is 5.75 Å². The van der Waals surface area contributed by atoms with Gasteiger partial charge in [0, 0.05) is 12.2 Å². The van der Waals surface area contributed by atoms with E-state index >= 15 is 0 Å². The van der Waals surface area contributed by atoms with Gasteiger partial charge in [-0.3, -0.25) is 9.69 Å². The van der Waals surface area contributed by atoms with Crippen LogP contribution in [0.3, 0.4) is 0 Å². The van der Waals surface area contributed by atoms with E-state index in [1.165, 1.54) is 0 Å². The molecule has 134 valence electrons. The highest BCUT2D eigenvalue weighted by Gasteiger charge is 2.25. The van der Waals surface area contributed by atoms with Gasteiger partial charge in [-0.05, 0) is 42.9 Å². The Balaban J connectivity index is 2.14. The molecule has 0 saturated heterocycles. The highest BCUT2D eigenvalue weighted by atomic mass is 16.5. The van der Waals surface area contributed by atoms with Crippen molar-refractivity contribution in [1.82, 2.24) is 4.90 Å². The molecule has 0 aliphatic carbocycles. The summed E-state index contributed by atoms with van der Waals surface area (Å²) in [6.45, 7) is 6.68. The van der Waals surface area contributed by atoms with Crippen LogP contribution in [0.4, 0.5) is 5.69 Å². The SMILES string of the molecule is CCN(CC)C(C(=O)Nc1ccc(OCCN)cc1)c1ccccc1. The molecule has 2 aromatic rings. The van der Waals surface area contributed by atoms with Gasteiger partial charge in [-0.15, -0.1) is 0 Å². The predicted molar refractivity (Wildman–Crippen MR) is 102 cm³/mol. The lowest BCUT2D eigenvalue weighted by Gasteiger charge is -2.29. The maximum atomic E-state index is 12.9. The molecule has 0 aliphatic rings. The van der Waals surface area contributed by atoms with Crippen LogP contribution in [-0.4, -0.2) is 37.0 Å². The fraction of sp³-hybridized carbons (Fsp3) is 0.350. The van der Waals surface area contributed by atoms with Crippen LogP contribution in [-0.2, 0) is 4.79 Å². The van der Waals surface area contributed by atoms with Gasteiger partial charge in [0.05, 0.1) is 0 Å². The molecule has 2 rings (SSSR count). The molecule has 2 aromatic carbocycles. The summed E-state index contributed by atoms with van der Waals surface area (Å²) in [7, 11) is 0. The van der Waals surface area contributed by atoms with Crippen LogP contribution in [0.2, 0.25) is 0 Å². The molecule has 0 heterocycles. The third kappa shape index (κ3) is 5.31. The molecule has 0 fully saturated rings. The maximum absolute atomic E-state index is 12.9. The van der Waals surface area contributed by atoms with E-state index in [1.54, 1.807) is 0 Å². The Morgan fingerprint density at radius 3 is 2.28 bits per heavy atom. The molecule has 0 spiro atoms.